The van der Waals surface area contributed by atoms with E-state index in [1.807, 2.05) is 38.1 Å². The van der Waals surface area contributed by atoms with Crippen LogP contribution in [0.2, 0.25) is 0 Å². The average molecular weight is 285 g/mol. The predicted octanol–water partition coefficient (Wildman–Crippen LogP) is 3.84. The summed E-state index contributed by atoms with van der Waals surface area (Å²) in [5.74, 6) is 0.164. The first-order chi connectivity index (χ1) is 7.44. The van der Waals surface area contributed by atoms with Crippen LogP contribution in [0.5, 0.6) is 0 Å². The fourth-order valence-electron chi connectivity index (χ4n) is 1.30. The van der Waals surface area contributed by atoms with Gasteiger partial charge in [0.1, 0.15) is 0 Å². The maximum atomic E-state index is 11.8. The van der Waals surface area contributed by atoms with E-state index in [4.69, 9.17) is 4.74 Å². The van der Waals surface area contributed by atoms with E-state index < -0.39 is 0 Å². The summed E-state index contributed by atoms with van der Waals surface area (Å²) in [6, 6.07) is 7.45. The quantitative estimate of drug-likeness (QED) is 0.768. The highest BCUT2D eigenvalue weighted by Gasteiger charge is 2.18. The fraction of sp³-hybridized carbons (Fsp3) is 0.462. The third kappa shape index (κ3) is 4.06. The molecule has 16 heavy (non-hydrogen) atoms. The van der Waals surface area contributed by atoms with Gasteiger partial charge in [0.2, 0.25) is 0 Å². The molecule has 88 valence electrons. The number of ether oxygens (including phenoxy) is 1. The van der Waals surface area contributed by atoms with Crippen molar-refractivity contribution < 1.29 is 9.53 Å². The Kier molecular flexibility index (Phi) is 4.69. The minimum absolute atomic E-state index is 0.164. The highest BCUT2D eigenvalue weighted by Crippen LogP contribution is 2.18. The van der Waals surface area contributed by atoms with Crippen LogP contribution < -0.4 is 0 Å². The smallest absolute Gasteiger partial charge is 0.162 e. The number of halogens is 1. The third-order valence-electron chi connectivity index (χ3n) is 2.67. The number of hydrogen-bond acceptors (Lipinski definition) is 2. The van der Waals surface area contributed by atoms with Crippen LogP contribution in [0, 0.1) is 0 Å². The van der Waals surface area contributed by atoms with Gasteiger partial charge in [-0.05, 0) is 32.4 Å². The standard InChI is InChI=1S/C13H17BrO2/c1-13(2,16-3)9-8-12(15)10-4-6-11(14)7-5-10/h4-7H,8-9H2,1-3H3. The van der Waals surface area contributed by atoms with Gasteiger partial charge < -0.3 is 4.74 Å². The molecule has 0 heterocycles. The molecule has 3 heteroatoms. The van der Waals surface area contributed by atoms with Crippen LogP contribution in [-0.4, -0.2) is 18.5 Å². The monoisotopic (exact) mass is 284 g/mol. The third-order valence-corrected chi connectivity index (χ3v) is 3.20. The number of rotatable bonds is 5. The number of ketones is 1. The van der Waals surface area contributed by atoms with Crippen LogP contribution in [-0.2, 0) is 4.74 Å². The van der Waals surface area contributed by atoms with E-state index >= 15 is 0 Å². The fourth-order valence-corrected chi connectivity index (χ4v) is 1.56. The number of benzene rings is 1. The van der Waals surface area contributed by atoms with E-state index in [1.54, 1.807) is 7.11 Å². The number of carbonyl (C=O) groups is 1. The molecule has 0 radical (unpaired) electrons. The minimum Gasteiger partial charge on any atom is -0.379 e. The van der Waals surface area contributed by atoms with Crippen LogP contribution in [0.15, 0.2) is 28.7 Å². The molecule has 0 atom stereocenters. The predicted molar refractivity (Wildman–Crippen MR) is 68.8 cm³/mol. The molecule has 0 aliphatic rings. The summed E-state index contributed by atoms with van der Waals surface area (Å²) in [6.07, 6.45) is 1.25. The van der Waals surface area contributed by atoms with Gasteiger partial charge >= 0.3 is 0 Å². The molecule has 0 fully saturated rings. The first-order valence-corrected chi connectivity index (χ1v) is 6.08. The largest absolute Gasteiger partial charge is 0.379 e. The zero-order valence-electron chi connectivity index (χ0n) is 9.92. The molecular formula is C13H17BrO2. The maximum Gasteiger partial charge on any atom is 0.162 e. The Morgan fingerprint density at radius 2 is 1.88 bits per heavy atom. The lowest BCUT2D eigenvalue weighted by molar-refractivity contribution is 0.0141. The van der Waals surface area contributed by atoms with E-state index in [1.165, 1.54) is 0 Å². The zero-order chi connectivity index (χ0) is 12.2. The molecule has 0 saturated carbocycles. The van der Waals surface area contributed by atoms with E-state index in [9.17, 15) is 4.79 Å². The topological polar surface area (TPSA) is 26.3 Å². The lowest BCUT2D eigenvalue weighted by Crippen LogP contribution is -2.23. The van der Waals surface area contributed by atoms with Crippen molar-refractivity contribution in [2.75, 3.05) is 7.11 Å². The van der Waals surface area contributed by atoms with E-state index in [0.29, 0.717) is 6.42 Å². The van der Waals surface area contributed by atoms with Gasteiger partial charge in [-0.1, -0.05) is 28.1 Å². The van der Waals surface area contributed by atoms with Crippen LogP contribution in [0.4, 0.5) is 0 Å². The number of hydrogen-bond donors (Lipinski definition) is 0. The highest BCUT2D eigenvalue weighted by atomic mass is 79.9. The molecular weight excluding hydrogens is 268 g/mol. The average Bonchev–Trinajstić information content (AvgIpc) is 2.27. The van der Waals surface area contributed by atoms with Gasteiger partial charge in [0.15, 0.2) is 5.78 Å². The highest BCUT2D eigenvalue weighted by molar-refractivity contribution is 9.10. The first kappa shape index (κ1) is 13.4. The van der Waals surface area contributed by atoms with Crippen LogP contribution >= 0.6 is 15.9 Å². The second-order valence-corrected chi connectivity index (χ2v) is 5.31. The van der Waals surface area contributed by atoms with Gasteiger partial charge in [0.25, 0.3) is 0 Å². The van der Waals surface area contributed by atoms with Crippen LogP contribution in [0.3, 0.4) is 0 Å². The summed E-state index contributed by atoms with van der Waals surface area (Å²) >= 11 is 3.35. The minimum atomic E-state index is -0.231. The van der Waals surface area contributed by atoms with Crippen LogP contribution in [0.25, 0.3) is 0 Å². The SMILES string of the molecule is COC(C)(C)CCC(=O)c1ccc(Br)cc1. The molecule has 1 aromatic carbocycles. The van der Waals surface area contributed by atoms with Gasteiger partial charge in [-0.2, -0.15) is 0 Å². The normalized spacial score (nSPS) is 11.5. The Labute approximate surface area is 105 Å². The molecule has 0 bridgehead atoms. The Hall–Kier alpha value is -0.670. The summed E-state index contributed by atoms with van der Waals surface area (Å²) in [5.41, 5.74) is 0.528. The van der Waals surface area contributed by atoms with Gasteiger partial charge in [-0.25, -0.2) is 0 Å². The number of Topliss-reactive ketones (excluding diaryl/α,β-unsaturated/α-hetero) is 1. The van der Waals surface area contributed by atoms with Gasteiger partial charge in [0.05, 0.1) is 5.60 Å². The summed E-state index contributed by atoms with van der Waals surface area (Å²) in [6.45, 7) is 3.98. The van der Waals surface area contributed by atoms with E-state index in [2.05, 4.69) is 15.9 Å². The molecule has 0 unspecified atom stereocenters. The summed E-state index contributed by atoms with van der Waals surface area (Å²) in [4.78, 5) is 11.8. The van der Waals surface area contributed by atoms with Crippen molar-refractivity contribution in [1.82, 2.24) is 0 Å². The van der Waals surface area contributed by atoms with Crippen molar-refractivity contribution in [3.63, 3.8) is 0 Å². The summed E-state index contributed by atoms with van der Waals surface area (Å²) in [5, 5.41) is 0. The first-order valence-electron chi connectivity index (χ1n) is 5.28. The van der Waals surface area contributed by atoms with Crippen LogP contribution in [0.1, 0.15) is 37.0 Å². The second kappa shape index (κ2) is 5.60. The Morgan fingerprint density at radius 1 is 1.31 bits per heavy atom. The molecule has 0 saturated heterocycles. The Morgan fingerprint density at radius 3 is 2.38 bits per heavy atom. The Balaban J connectivity index is 2.56. The van der Waals surface area contributed by atoms with Gasteiger partial charge in [-0.3, -0.25) is 4.79 Å². The molecule has 0 aromatic heterocycles. The van der Waals surface area contributed by atoms with Crippen molar-refractivity contribution in [1.29, 1.82) is 0 Å². The second-order valence-electron chi connectivity index (χ2n) is 4.39. The molecule has 0 N–H and O–H groups in total. The van der Waals surface area contributed by atoms with Crippen molar-refractivity contribution in [2.24, 2.45) is 0 Å². The Bertz CT molecular complexity index is 355. The van der Waals surface area contributed by atoms with Gasteiger partial charge in [-0.15, -0.1) is 0 Å². The molecule has 0 spiro atoms. The molecule has 1 rings (SSSR count). The van der Waals surface area contributed by atoms with Crippen molar-refractivity contribution >= 4 is 21.7 Å². The molecule has 0 amide bonds. The zero-order valence-corrected chi connectivity index (χ0v) is 11.5. The molecule has 0 aliphatic heterocycles. The van der Waals surface area contributed by atoms with Crippen molar-refractivity contribution in [2.45, 2.75) is 32.3 Å². The number of methoxy groups -OCH3 is 1. The lowest BCUT2D eigenvalue weighted by atomic mass is 9.98. The lowest BCUT2D eigenvalue weighted by Gasteiger charge is -2.22. The maximum absolute atomic E-state index is 11.8. The van der Waals surface area contributed by atoms with E-state index in [0.717, 1.165) is 16.5 Å². The van der Waals surface area contributed by atoms with Crippen molar-refractivity contribution in [3.05, 3.63) is 34.3 Å². The number of carbonyl (C=O) groups excluding carboxylic acids is 1. The van der Waals surface area contributed by atoms with E-state index in [-0.39, 0.29) is 11.4 Å². The molecule has 1 aromatic rings. The molecule has 2 nitrogen and oxygen atoms in total. The van der Waals surface area contributed by atoms with Crippen molar-refractivity contribution in [3.8, 4) is 0 Å². The van der Waals surface area contributed by atoms with Gasteiger partial charge in [0, 0.05) is 23.6 Å². The summed E-state index contributed by atoms with van der Waals surface area (Å²) in [7, 11) is 1.67. The summed E-state index contributed by atoms with van der Waals surface area (Å²) < 4.78 is 6.27. The molecule has 0 aliphatic carbocycles.